The number of methoxy groups -OCH3 is 1. The molecule has 0 atom stereocenters. The van der Waals surface area contributed by atoms with Gasteiger partial charge in [0.05, 0.1) is 7.11 Å². The molecule has 0 amide bonds. The minimum Gasteiger partial charge on any atom is -0.497 e. The van der Waals surface area contributed by atoms with Crippen LogP contribution in [0.15, 0.2) is 48.5 Å². The summed E-state index contributed by atoms with van der Waals surface area (Å²) in [7, 11) is 1.69. The highest BCUT2D eigenvalue weighted by molar-refractivity contribution is 5.73. The highest BCUT2D eigenvalue weighted by atomic mass is 19.4. The van der Waals surface area contributed by atoms with Crippen LogP contribution in [0.25, 0.3) is 0 Å². The van der Waals surface area contributed by atoms with Crippen LogP contribution in [0.4, 0.5) is 13.2 Å². The van der Waals surface area contributed by atoms with E-state index in [0.29, 0.717) is 0 Å². The third-order valence-electron chi connectivity index (χ3n) is 3.88. The minimum atomic E-state index is -5.08. The van der Waals surface area contributed by atoms with E-state index in [4.69, 9.17) is 14.6 Å². The van der Waals surface area contributed by atoms with E-state index in [0.717, 1.165) is 18.8 Å². The van der Waals surface area contributed by atoms with Crippen molar-refractivity contribution in [2.75, 3.05) is 7.11 Å². The number of rotatable bonds is 5. The van der Waals surface area contributed by atoms with Gasteiger partial charge in [-0.15, -0.1) is 0 Å². The Morgan fingerprint density at radius 1 is 0.929 bits per heavy atom. The molecule has 154 valence electrons. The molecule has 0 bridgehead atoms. The molecule has 0 unspecified atom stereocenters. The molecule has 2 aromatic rings. The molecule has 0 fully saturated rings. The van der Waals surface area contributed by atoms with Crippen LogP contribution in [-0.4, -0.2) is 24.4 Å². The molecule has 7 heteroatoms. The highest BCUT2D eigenvalue weighted by Crippen LogP contribution is 2.22. The fourth-order valence-corrected chi connectivity index (χ4v) is 2.22. The largest absolute Gasteiger partial charge is 0.497 e. The molecule has 0 aliphatic carbocycles. The lowest BCUT2D eigenvalue weighted by Crippen LogP contribution is -2.21. The van der Waals surface area contributed by atoms with Crippen molar-refractivity contribution >= 4 is 5.97 Å². The molecule has 2 N–H and O–H groups in total. The van der Waals surface area contributed by atoms with E-state index in [2.05, 4.69) is 62.5 Å². The Bertz CT molecular complexity index is 733. The van der Waals surface area contributed by atoms with Gasteiger partial charge in [0.15, 0.2) is 0 Å². The van der Waals surface area contributed by atoms with Gasteiger partial charge in [0.1, 0.15) is 5.75 Å². The van der Waals surface area contributed by atoms with Crippen molar-refractivity contribution in [3.63, 3.8) is 0 Å². The summed E-state index contributed by atoms with van der Waals surface area (Å²) >= 11 is 0. The van der Waals surface area contributed by atoms with Crippen LogP contribution in [0.3, 0.4) is 0 Å². The maximum absolute atomic E-state index is 10.6. The first-order valence-electron chi connectivity index (χ1n) is 8.66. The van der Waals surface area contributed by atoms with Crippen molar-refractivity contribution in [2.24, 2.45) is 0 Å². The fourth-order valence-electron chi connectivity index (χ4n) is 2.22. The SMILES string of the molecule is COc1ccc(CNCc2ccc(C(C)(C)C)cc2)cc1.O=C(O)C(F)(F)F. The Balaban J connectivity index is 0.000000480. The summed E-state index contributed by atoms with van der Waals surface area (Å²) < 4.78 is 36.9. The first-order valence-corrected chi connectivity index (χ1v) is 8.66. The van der Waals surface area contributed by atoms with Crippen LogP contribution in [0.5, 0.6) is 5.75 Å². The molecule has 0 radical (unpaired) electrons. The zero-order valence-electron chi connectivity index (χ0n) is 16.4. The maximum atomic E-state index is 10.6. The third-order valence-corrected chi connectivity index (χ3v) is 3.88. The summed E-state index contributed by atoms with van der Waals surface area (Å²) in [6.07, 6.45) is -5.08. The number of hydrogen-bond donors (Lipinski definition) is 2. The van der Waals surface area contributed by atoms with E-state index in [1.165, 1.54) is 16.7 Å². The maximum Gasteiger partial charge on any atom is 0.490 e. The monoisotopic (exact) mass is 397 g/mol. The average Bonchev–Trinajstić information content (AvgIpc) is 2.62. The lowest BCUT2D eigenvalue weighted by molar-refractivity contribution is -0.192. The van der Waals surface area contributed by atoms with Gasteiger partial charge in [-0.2, -0.15) is 13.2 Å². The number of ether oxygens (including phenoxy) is 1. The Kier molecular flexibility index (Phi) is 8.50. The van der Waals surface area contributed by atoms with Gasteiger partial charge in [-0.05, 0) is 34.2 Å². The van der Waals surface area contributed by atoms with Crippen LogP contribution in [0, 0.1) is 0 Å². The van der Waals surface area contributed by atoms with Crippen LogP contribution in [0.2, 0.25) is 0 Å². The summed E-state index contributed by atoms with van der Waals surface area (Å²) in [5, 5.41) is 10.6. The van der Waals surface area contributed by atoms with Crippen molar-refractivity contribution < 1.29 is 27.8 Å². The second-order valence-corrected chi connectivity index (χ2v) is 7.20. The molecule has 0 spiro atoms. The molecule has 0 aliphatic heterocycles. The van der Waals surface area contributed by atoms with Gasteiger partial charge >= 0.3 is 12.1 Å². The minimum absolute atomic E-state index is 0.217. The van der Waals surface area contributed by atoms with Crippen molar-refractivity contribution in [1.82, 2.24) is 5.32 Å². The zero-order chi connectivity index (χ0) is 21.4. The number of hydrogen-bond acceptors (Lipinski definition) is 3. The molecule has 0 heterocycles. The number of carboxylic acid groups (broad SMARTS) is 1. The van der Waals surface area contributed by atoms with Gasteiger partial charge < -0.3 is 15.2 Å². The summed E-state index contributed by atoms with van der Waals surface area (Å²) in [6, 6.07) is 17.0. The Hall–Kier alpha value is -2.54. The molecule has 28 heavy (non-hydrogen) atoms. The number of benzene rings is 2. The van der Waals surface area contributed by atoms with E-state index in [-0.39, 0.29) is 5.41 Å². The van der Waals surface area contributed by atoms with Gasteiger partial charge in [0.25, 0.3) is 0 Å². The van der Waals surface area contributed by atoms with Crippen LogP contribution < -0.4 is 10.1 Å². The second kappa shape index (κ2) is 10.1. The lowest BCUT2D eigenvalue weighted by Gasteiger charge is -2.19. The number of alkyl halides is 3. The van der Waals surface area contributed by atoms with E-state index >= 15 is 0 Å². The second-order valence-electron chi connectivity index (χ2n) is 7.20. The average molecular weight is 397 g/mol. The smallest absolute Gasteiger partial charge is 0.490 e. The van der Waals surface area contributed by atoms with Crippen molar-refractivity contribution in [1.29, 1.82) is 0 Å². The topological polar surface area (TPSA) is 58.6 Å². The molecule has 4 nitrogen and oxygen atoms in total. The molecular formula is C21H26F3NO3. The van der Waals surface area contributed by atoms with Gasteiger partial charge in [-0.1, -0.05) is 57.2 Å². The molecule has 0 aromatic heterocycles. The number of aliphatic carboxylic acids is 1. The van der Waals surface area contributed by atoms with Crippen molar-refractivity contribution in [3.05, 3.63) is 65.2 Å². The number of carbonyl (C=O) groups is 1. The van der Waals surface area contributed by atoms with E-state index in [1.54, 1.807) is 7.11 Å². The number of halogens is 3. The molecule has 0 saturated carbocycles. The number of carboxylic acids is 1. The zero-order valence-corrected chi connectivity index (χ0v) is 16.4. The van der Waals surface area contributed by atoms with Gasteiger partial charge in [0, 0.05) is 13.1 Å². The third kappa shape index (κ3) is 8.43. The predicted molar refractivity (Wildman–Crippen MR) is 102 cm³/mol. The van der Waals surface area contributed by atoms with Crippen LogP contribution in [-0.2, 0) is 23.3 Å². The van der Waals surface area contributed by atoms with Crippen LogP contribution >= 0.6 is 0 Å². The first-order chi connectivity index (χ1) is 12.9. The molecule has 2 aromatic carbocycles. The fraction of sp³-hybridized carbons (Fsp3) is 0.381. The summed E-state index contributed by atoms with van der Waals surface area (Å²) in [6.45, 7) is 8.47. The van der Waals surface area contributed by atoms with Gasteiger partial charge in [-0.25, -0.2) is 4.79 Å². The Morgan fingerprint density at radius 2 is 1.32 bits per heavy atom. The van der Waals surface area contributed by atoms with Gasteiger partial charge in [-0.3, -0.25) is 0 Å². The Morgan fingerprint density at radius 3 is 1.64 bits per heavy atom. The molecule has 2 rings (SSSR count). The number of nitrogens with one attached hydrogen (secondary N) is 1. The molecule has 0 saturated heterocycles. The highest BCUT2D eigenvalue weighted by Gasteiger charge is 2.38. The standard InChI is InChI=1S/C19H25NO.C2HF3O2/c1-19(2,3)17-9-5-15(6-10-17)13-20-14-16-7-11-18(21-4)12-8-16;3-2(4,5)1(6)7/h5-12,20H,13-14H2,1-4H3;(H,6,7). The molecule has 0 aliphatic rings. The van der Waals surface area contributed by atoms with E-state index in [9.17, 15) is 13.2 Å². The van der Waals surface area contributed by atoms with Gasteiger partial charge in [0.2, 0.25) is 0 Å². The van der Waals surface area contributed by atoms with Crippen molar-refractivity contribution in [3.8, 4) is 5.75 Å². The quantitative estimate of drug-likeness (QED) is 0.752. The van der Waals surface area contributed by atoms with Crippen LogP contribution in [0.1, 0.15) is 37.5 Å². The Labute approximate surface area is 163 Å². The van der Waals surface area contributed by atoms with E-state index < -0.39 is 12.1 Å². The summed E-state index contributed by atoms with van der Waals surface area (Å²) in [5.41, 5.74) is 4.18. The van der Waals surface area contributed by atoms with Crippen molar-refractivity contribution in [2.45, 2.75) is 45.5 Å². The lowest BCUT2D eigenvalue weighted by atomic mass is 9.87. The molecular weight excluding hydrogens is 371 g/mol. The first kappa shape index (κ1) is 23.5. The normalized spacial score (nSPS) is 11.4. The summed E-state index contributed by atoms with van der Waals surface area (Å²) in [5.74, 6) is -1.86. The predicted octanol–water partition coefficient (Wildman–Crippen LogP) is 4.92. The summed E-state index contributed by atoms with van der Waals surface area (Å²) in [4.78, 5) is 8.90. The van der Waals surface area contributed by atoms with E-state index in [1.807, 2.05) is 12.1 Å².